The van der Waals surface area contributed by atoms with Crippen LogP contribution in [-0.2, 0) is 0 Å². The summed E-state index contributed by atoms with van der Waals surface area (Å²) in [4.78, 5) is 0. The summed E-state index contributed by atoms with van der Waals surface area (Å²) in [5, 5.41) is -0.415. The van der Waals surface area contributed by atoms with Gasteiger partial charge in [0.05, 0.1) is 19.6 Å². The van der Waals surface area contributed by atoms with Gasteiger partial charge < -0.3 is 9.47 Å². The lowest BCUT2D eigenvalue weighted by molar-refractivity contribution is 0.386. The van der Waals surface area contributed by atoms with Crippen molar-refractivity contribution in [1.82, 2.24) is 0 Å². The van der Waals surface area contributed by atoms with Gasteiger partial charge in [-0.2, -0.15) is 0 Å². The molecule has 1 unspecified atom stereocenters. The van der Waals surface area contributed by atoms with Gasteiger partial charge in [-0.1, -0.05) is 12.1 Å². The van der Waals surface area contributed by atoms with Crippen molar-refractivity contribution in [3.8, 4) is 11.5 Å². The van der Waals surface area contributed by atoms with Gasteiger partial charge in [-0.15, -0.1) is 11.6 Å². The quantitative estimate of drug-likeness (QED) is 0.774. The predicted molar refractivity (Wildman–Crippen MR) is 78.4 cm³/mol. The van der Waals surface area contributed by atoms with Gasteiger partial charge in [0.15, 0.2) is 11.6 Å². The van der Waals surface area contributed by atoms with E-state index >= 15 is 0 Å². The van der Waals surface area contributed by atoms with E-state index in [1.165, 1.54) is 13.2 Å². The van der Waals surface area contributed by atoms with Gasteiger partial charge in [-0.05, 0) is 47.9 Å². The van der Waals surface area contributed by atoms with E-state index in [-0.39, 0.29) is 5.75 Å². The topological polar surface area (TPSA) is 18.5 Å². The summed E-state index contributed by atoms with van der Waals surface area (Å²) >= 11 is 6.45. The lowest BCUT2D eigenvalue weighted by atomic mass is 9.99. The van der Waals surface area contributed by atoms with Crippen molar-refractivity contribution in [3.63, 3.8) is 0 Å². The summed E-state index contributed by atoms with van der Waals surface area (Å²) < 4.78 is 23.8. The number of alkyl halides is 1. The van der Waals surface area contributed by atoms with Crippen LogP contribution in [0.3, 0.4) is 0 Å². The Kier molecular flexibility index (Phi) is 4.50. The van der Waals surface area contributed by atoms with E-state index in [0.717, 1.165) is 16.9 Å². The molecular weight excluding hydrogens is 279 g/mol. The number of rotatable bonds is 4. The fourth-order valence-corrected chi connectivity index (χ4v) is 2.46. The van der Waals surface area contributed by atoms with Crippen molar-refractivity contribution in [2.24, 2.45) is 0 Å². The summed E-state index contributed by atoms with van der Waals surface area (Å²) in [6, 6.07) is 10.4. The fourth-order valence-electron chi connectivity index (χ4n) is 2.08. The predicted octanol–water partition coefficient (Wildman–Crippen LogP) is 4.48. The Hall–Kier alpha value is -1.74. The summed E-state index contributed by atoms with van der Waals surface area (Å²) in [6.45, 7) is 1.95. The van der Waals surface area contributed by atoms with Crippen LogP contribution in [0, 0.1) is 12.7 Å². The lowest BCUT2D eigenvalue weighted by Crippen LogP contribution is -1.99. The van der Waals surface area contributed by atoms with E-state index in [9.17, 15) is 4.39 Å². The van der Waals surface area contributed by atoms with Crippen LogP contribution in [0.2, 0.25) is 0 Å². The summed E-state index contributed by atoms with van der Waals surface area (Å²) in [5.74, 6) is 0.571. The van der Waals surface area contributed by atoms with Crippen molar-refractivity contribution < 1.29 is 13.9 Å². The molecule has 0 heterocycles. The molecule has 0 saturated carbocycles. The molecule has 20 heavy (non-hydrogen) atoms. The van der Waals surface area contributed by atoms with Crippen molar-refractivity contribution in [2.45, 2.75) is 12.3 Å². The van der Waals surface area contributed by atoms with Crippen LogP contribution in [-0.4, -0.2) is 14.2 Å². The fraction of sp³-hybridized carbons (Fsp3) is 0.250. The van der Waals surface area contributed by atoms with Crippen molar-refractivity contribution in [2.75, 3.05) is 14.2 Å². The zero-order valence-corrected chi connectivity index (χ0v) is 12.4. The van der Waals surface area contributed by atoms with Crippen LogP contribution < -0.4 is 9.47 Å². The van der Waals surface area contributed by atoms with Gasteiger partial charge in [0.1, 0.15) is 5.75 Å². The number of aryl methyl sites for hydroxylation is 1. The molecule has 4 heteroatoms. The minimum Gasteiger partial charge on any atom is -0.497 e. The molecule has 0 spiro atoms. The van der Waals surface area contributed by atoms with Gasteiger partial charge in [0.25, 0.3) is 0 Å². The molecule has 0 fully saturated rings. The monoisotopic (exact) mass is 294 g/mol. The van der Waals surface area contributed by atoms with Gasteiger partial charge >= 0.3 is 0 Å². The smallest absolute Gasteiger partial charge is 0.165 e. The standard InChI is InChI=1S/C16H16ClFO2/c1-10-8-12(19-2)5-6-13(10)16(17)11-4-7-15(20-3)14(18)9-11/h4-9,16H,1-3H3. The van der Waals surface area contributed by atoms with Crippen molar-refractivity contribution in [3.05, 3.63) is 58.9 Å². The van der Waals surface area contributed by atoms with Crippen LogP contribution in [0.25, 0.3) is 0 Å². The van der Waals surface area contributed by atoms with Crippen LogP contribution >= 0.6 is 11.6 Å². The van der Waals surface area contributed by atoms with Gasteiger partial charge in [0, 0.05) is 0 Å². The summed E-state index contributed by atoms with van der Waals surface area (Å²) in [6.07, 6.45) is 0. The molecule has 0 aliphatic heterocycles. The second-order valence-corrected chi connectivity index (χ2v) is 4.92. The minimum absolute atomic E-state index is 0.212. The number of benzene rings is 2. The molecule has 0 amide bonds. The number of ether oxygens (including phenoxy) is 2. The lowest BCUT2D eigenvalue weighted by Gasteiger charge is -2.15. The molecule has 0 aliphatic carbocycles. The molecule has 2 rings (SSSR count). The Balaban J connectivity index is 2.35. The van der Waals surface area contributed by atoms with Crippen molar-refractivity contribution in [1.29, 1.82) is 0 Å². The average molecular weight is 295 g/mol. The van der Waals surface area contributed by atoms with E-state index in [1.807, 2.05) is 25.1 Å². The highest BCUT2D eigenvalue weighted by atomic mass is 35.5. The molecule has 0 saturated heterocycles. The maximum absolute atomic E-state index is 13.7. The minimum atomic E-state index is -0.415. The SMILES string of the molecule is COc1ccc(C(Cl)c2ccc(OC)c(F)c2)c(C)c1. The van der Waals surface area contributed by atoms with Gasteiger partial charge in [-0.25, -0.2) is 4.39 Å². The van der Waals surface area contributed by atoms with Crippen molar-refractivity contribution >= 4 is 11.6 Å². The van der Waals surface area contributed by atoms with E-state index in [1.54, 1.807) is 19.2 Å². The molecule has 0 N–H and O–H groups in total. The number of hydrogen-bond acceptors (Lipinski definition) is 2. The van der Waals surface area contributed by atoms with Gasteiger partial charge in [-0.3, -0.25) is 0 Å². The molecule has 2 aromatic carbocycles. The second-order valence-electron chi connectivity index (χ2n) is 4.48. The normalized spacial score (nSPS) is 12.1. The Labute approximate surface area is 123 Å². The van der Waals surface area contributed by atoms with Crippen LogP contribution in [0.4, 0.5) is 4.39 Å². The molecule has 2 nitrogen and oxygen atoms in total. The largest absolute Gasteiger partial charge is 0.497 e. The van der Waals surface area contributed by atoms with Crippen LogP contribution in [0.1, 0.15) is 22.1 Å². The molecule has 2 aromatic rings. The first kappa shape index (κ1) is 14.7. The first-order valence-corrected chi connectivity index (χ1v) is 6.62. The Morgan fingerprint density at radius 2 is 1.80 bits per heavy atom. The maximum atomic E-state index is 13.7. The highest BCUT2D eigenvalue weighted by Crippen LogP contribution is 2.34. The first-order valence-electron chi connectivity index (χ1n) is 6.19. The third-order valence-corrected chi connectivity index (χ3v) is 3.71. The highest BCUT2D eigenvalue weighted by Gasteiger charge is 2.15. The zero-order valence-electron chi connectivity index (χ0n) is 11.6. The maximum Gasteiger partial charge on any atom is 0.165 e. The zero-order chi connectivity index (χ0) is 14.7. The van der Waals surface area contributed by atoms with E-state index < -0.39 is 11.2 Å². The first-order chi connectivity index (χ1) is 9.56. The third-order valence-electron chi connectivity index (χ3n) is 3.22. The second kappa shape index (κ2) is 6.14. The molecule has 0 bridgehead atoms. The summed E-state index contributed by atoms with van der Waals surface area (Å²) in [7, 11) is 3.05. The van der Waals surface area contributed by atoms with Crippen LogP contribution in [0.5, 0.6) is 11.5 Å². The Morgan fingerprint density at radius 3 is 2.35 bits per heavy atom. The number of methoxy groups -OCH3 is 2. The van der Waals surface area contributed by atoms with E-state index in [0.29, 0.717) is 5.56 Å². The third kappa shape index (κ3) is 2.88. The molecule has 1 atom stereocenters. The van der Waals surface area contributed by atoms with Crippen LogP contribution in [0.15, 0.2) is 36.4 Å². The average Bonchev–Trinajstić information content (AvgIpc) is 2.46. The number of hydrogen-bond donors (Lipinski definition) is 0. The summed E-state index contributed by atoms with van der Waals surface area (Å²) in [5.41, 5.74) is 2.62. The number of halogens is 2. The molecule has 0 radical (unpaired) electrons. The highest BCUT2D eigenvalue weighted by molar-refractivity contribution is 6.22. The molecule has 0 aromatic heterocycles. The Bertz CT molecular complexity index is 613. The molecule has 106 valence electrons. The Morgan fingerprint density at radius 1 is 1.05 bits per heavy atom. The molecular formula is C16H16ClFO2. The molecule has 0 aliphatic rings. The van der Waals surface area contributed by atoms with E-state index in [4.69, 9.17) is 21.1 Å². The van der Waals surface area contributed by atoms with Gasteiger partial charge in [0.2, 0.25) is 0 Å². The van der Waals surface area contributed by atoms with E-state index in [2.05, 4.69) is 0 Å².